The van der Waals surface area contributed by atoms with Gasteiger partial charge in [-0.3, -0.25) is 14.7 Å². The second-order valence-corrected chi connectivity index (χ2v) is 7.06. The van der Waals surface area contributed by atoms with Crippen molar-refractivity contribution in [3.63, 3.8) is 0 Å². The zero-order valence-corrected chi connectivity index (χ0v) is 15.2. The number of aryl methyl sites for hydroxylation is 1. The van der Waals surface area contributed by atoms with Crippen LogP contribution in [0.5, 0.6) is 0 Å². The lowest BCUT2D eigenvalue weighted by Crippen LogP contribution is -2.43. The monoisotopic (exact) mass is 337 g/mol. The van der Waals surface area contributed by atoms with Gasteiger partial charge in [0.1, 0.15) is 0 Å². The number of hydrogen-bond acceptors (Lipinski definition) is 3. The number of piperidine rings is 1. The molecule has 0 aliphatic carbocycles. The molecule has 25 heavy (non-hydrogen) atoms. The molecule has 0 spiro atoms. The van der Waals surface area contributed by atoms with E-state index < -0.39 is 0 Å². The lowest BCUT2D eigenvalue weighted by atomic mass is 9.88. The Morgan fingerprint density at radius 2 is 2.00 bits per heavy atom. The molecule has 2 aromatic rings. The molecule has 132 valence electrons. The van der Waals surface area contributed by atoms with Crippen molar-refractivity contribution in [2.45, 2.75) is 32.2 Å². The molecule has 1 aliphatic rings. The smallest absolute Gasteiger partial charge is 0.236 e. The highest BCUT2D eigenvalue weighted by Crippen LogP contribution is 2.29. The number of carbonyl (C=O) groups is 1. The van der Waals surface area contributed by atoms with E-state index in [9.17, 15) is 4.79 Å². The first-order valence-electron chi connectivity index (χ1n) is 9.04. The molecule has 0 N–H and O–H groups in total. The highest BCUT2D eigenvalue weighted by Gasteiger charge is 2.25. The Labute approximate surface area is 150 Å². The molecule has 4 nitrogen and oxygen atoms in total. The van der Waals surface area contributed by atoms with Crippen LogP contribution in [-0.4, -0.2) is 47.4 Å². The van der Waals surface area contributed by atoms with Crippen molar-refractivity contribution in [2.75, 3.05) is 26.7 Å². The molecule has 1 saturated heterocycles. The zero-order valence-electron chi connectivity index (χ0n) is 15.2. The lowest BCUT2D eigenvalue weighted by Gasteiger charge is -2.34. The molecule has 0 radical (unpaired) electrons. The van der Waals surface area contributed by atoms with Crippen molar-refractivity contribution < 1.29 is 4.79 Å². The summed E-state index contributed by atoms with van der Waals surface area (Å²) in [5.74, 6) is 0.694. The van der Waals surface area contributed by atoms with Crippen LogP contribution in [0.4, 0.5) is 0 Å². The molecule has 1 unspecified atom stereocenters. The second kappa shape index (κ2) is 8.26. The maximum atomic E-state index is 12.7. The highest BCUT2D eigenvalue weighted by atomic mass is 16.2. The molecule has 0 bridgehead atoms. The van der Waals surface area contributed by atoms with Crippen LogP contribution in [0.1, 0.15) is 35.4 Å². The summed E-state index contributed by atoms with van der Waals surface area (Å²) in [5, 5.41) is 0. The van der Waals surface area contributed by atoms with Gasteiger partial charge in [0.05, 0.1) is 6.54 Å². The number of benzene rings is 1. The summed E-state index contributed by atoms with van der Waals surface area (Å²) in [6.45, 7) is 5.11. The maximum absolute atomic E-state index is 12.7. The molecule has 3 rings (SSSR count). The fourth-order valence-electron chi connectivity index (χ4n) is 3.69. The standard InChI is InChI=1S/C21H27N3O/c1-17-6-3-4-8-20(17)19-7-5-13-24(15-19)21(25)16-23(2)14-18-9-11-22-12-10-18/h3-4,6,8-12,19H,5,7,13-16H2,1-2H3. The van der Waals surface area contributed by atoms with E-state index in [0.717, 1.165) is 26.1 Å². The first-order chi connectivity index (χ1) is 12.1. The highest BCUT2D eigenvalue weighted by molar-refractivity contribution is 5.78. The Hall–Kier alpha value is -2.20. The average Bonchev–Trinajstić information content (AvgIpc) is 2.63. The number of rotatable bonds is 5. The number of nitrogens with zero attached hydrogens (tertiary/aromatic N) is 3. The van der Waals surface area contributed by atoms with Crippen LogP contribution in [0.15, 0.2) is 48.8 Å². The topological polar surface area (TPSA) is 36.4 Å². The number of hydrogen-bond donors (Lipinski definition) is 0. The zero-order chi connectivity index (χ0) is 17.6. The number of likely N-dealkylation sites (N-methyl/N-ethyl adjacent to an activating group) is 1. The molecule has 1 aromatic heterocycles. The third-order valence-electron chi connectivity index (χ3n) is 5.01. The molecule has 0 saturated carbocycles. The first-order valence-corrected chi connectivity index (χ1v) is 9.04. The van der Waals surface area contributed by atoms with E-state index in [1.54, 1.807) is 12.4 Å². The fraction of sp³-hybridized carbons (Fsp3) is 0.429. The average molecular weight is 337 g/mol. The Balaban J connectivity index is 1.57. The number of amides is 1. The molecule has 1 aliphatic heterocycles. The van der Waals surface area contributed by atoms with E-state index in [1.807, 2.05) is 24.1 Å². The number of pyridine rings is 1. The minimum atomic E-state index is 0.231. The molecular formula is C21H27N3O. The summed E-state index contributed by atoms with van der Waals surface area (Å²) in [7, 11) is 2.00. The number of likely N-dealkylation sites (tertiary alicyclic amines) is 1. The van der Waals surface area contributed by atoms with Gasteiger partial charge in [-0.1, -0.05) is 24.3 Å². The van der Waals surface area contributed by atoms with E-state index >= 15 is 0 Å². The van der Waals surface area contributed by atoms with Gasteiger partial charge >= 0.3 is 0 Å². The van der Waals surface area contributed by atoms with Crippen LogP contribution in [0.3, 0.4) is 0 Å². The molecule has 4 heteroatoms. The summed E-state index contributed by atoms with van der Waals surface area (Å²) in [5.41, 5.74) is 3.91. The summed E-state index contributed by atoms with van der Waals surface area (Å²) in [6.07, 6.45) is 5.84. The van der Waals surface area contributed by atoms with E-state index in [2.05, 4.69) is 41.1 Å². The van der Waals surface area contributed by atoms with Crippen LogP contribution >= 0.6 is 0 Å². The van der Waals surface area contributed by atoms with Crippen molar-refractivity contribution in [3.8, 4) is 0 Å². The number of aromatic nitrogens is 1. The van der Waals surface area contributed by atoms with Crippen molar-refractivity contribution in [1.82, 2.24) is 14.8 Å². The Morgan fingerprint density at radius 3 is 2.76 bits per heavy atom. The lowest BCUT2D eigenvalue weighted by molar-refractivity contribution is -0.133. The largest absolute Gasteiger partial charge is 0.341 e. The van der Waals surface area contributed by atoms with Crippen LogP contribution in [0.25, 0.3) is 0 Å². The van der Waals surface area contributed by atoms with Crippen LogP contribution < -0.4 is 0 Å². The Bertz CT molecular complexity index is 701. The first kappa shape index (κ1) is 17.6. The minimum Gasteiger partial charge on any atom is -0.341 e. The second-order valence-electron chi connectivity index (χ2n) is 7.06. The van der Waals surface area contributed by atoms with Crippen LogP contribution in [0, 0.1) is 6.92 Å². The Morgan fingerprint density at radius 1 is 1.24 bits per heavy atom. The van der Waals surface area contributed by atoms with Gasteiger partial charge in [0.15, 0.2) is 0 Å². The normalized spacial score (nSPS) is 17.7. The Kier molecular flexibility index (Phi) is 5.82. The van der Waals surface area contributed by atoms with Crippen molar-refractivity contribution >= 4 is 5.91 Å². The molecule has 1 fully saturated rings. The molecule has 1 amide bonds. The van der Waals surface area contributed by atoms with Gasteiger partial charge in [0, 0.05) is 37.9 Å². The maximum Gasteiger partial charge on any atom is 0.236 e. The van der Waals surface area contributed by atoms with E-state index in [1.165, 1.54) is 23.1 Å². The van der Waals surface area contributed by atoms with Crippen LogP contribution in [0.2, 0.25) is 0 Å². The predicted molar refractivity (Wildman–Crippen MR) is 100 cm³/mol. The van der Waals surface area contributed by atoms with Crippen molar-refractivity contribution in [3.05, 3.63) is 65.5 Å². The summed E-state index contributed by atoms with van der Waals surface area (Å²) in [4.78, 5) is 20.9. The van der Waals surface area contributed by atoms with E-state index in [0.29, 0.717) is 12.5 Å². The van der Waals surface area contributed by atoms with Gasteiger partial charge in [0.25, 0.3) is 0 Å². The van der Waals surface area contributed by atoms with E-state index in [4.69, 9.17) is 0 Å². The van der Waals surface area contributed by atoms with Crippen molar-refractivity contribution in [1.29, 1.82) is 0 Å². The minimum absolute atomic E-state index is 0.231. The fourth-order valence-corrected chi connectivity index (χ4v) is 3.69. The molecule has 1 aromatic carbocycles. The third kappa shape index (κ3) is 4.67. The van der Waals surface area contributed by atoms with E-state index in [-0.39, 0.29) is 5.91 Å². The van der Waals surface area contributed by atoms with Crippen molar-refractivity contribution in [2.24, 2.45) is 0 Å². The van der Waals surface area contributed by atoms with Crippen LogP contribution in [-0.2, 0) is 11.3 Å². The number of carbonyl (C=O) groups excluding carboxylic acids is 1. The van der Waals surface area contributed by atoms with Gasteiger partial charge in [0.2, 0.25) is 5.91 Å². The summed E-state index contributed by atoms with van der Waals surface area (Å²) >= 11 is 0. The van der Waals surface area contributed by atoms with Gasteiger partial charge in [-0.2, -0.15) is 0 Å². The van der Waals surface area contributed by atoms with Gasteiger partial charge in [-0.15, -0.1) is 0 Å². The summed E-state index contributed by atoms with van der Waals surface area (Å²) in [6, 6.07) is 12.6. The van der Waals surface area contributed by atoms with Gasteiger partial charge < -0.3 is 4.90 Å². The molecule has 1 atom stereocenters. The molecule has 2 heterocycles. The van der Waals surface area contributed by atoms with Gasteiger partial charge in [-0.25, -0.2) is 0 Å². The SMILES string of the molecule is Cc1ccccc1C1CCCN(C(=O)CN(C)Cc2ccncc2)C1. The predicted octanol–water partition coefficient (Wildman–Crippen LogP) is 3.23. The molecular weight excluding hydrogens is 310 g/mol. The van der Waals surface area contributed by atoms with Gasteiger partial charge in [-0.05, 0) is 55.6 Å². The summed E-state index contributed by atoms with van der Waals surface area (Å²) < 4.78 is 0. The third-order valence-corrected chi connectivity index (χ3v) is 5.01. The quantitative estimate of drug-likeness (QED) is 0.840.